The van der Waals surface area contributed by atoms with Gasteiger partial charge in [0, 0.05) is 36.5 Å². The third kappa shape index (κ3) is 3.31. The maximum Gasteiger partial charge on any atom is 0.165 e. The van der Waals surface area contributed by atoms with Gasteiger partial charge in [0.25, 0.3) is 0 Å². The number of hydrogen-bond acceptors (Lipinski definition) is 3. The van der Waals surface area contributed by atoms with Crippen molar-refractivity contribution in [3.63, 3.8) is 0 Å². The predicted octanol–water partition coefficient (Wildman–Crippen LogP) is 11.1. The molecule has 0 radical (unpaired) electrons. The number of rotatable bonds is 2. The molecule has 0 aliphatic heterocycles. The van der Waals surface area contributed by atoms with E-state index in [9.17, 15) is 0 Å². The topological polar surface area (TPSA) is 30.7 Å². The molecule has 7 aromatic carbocycles. The Labute approximate surface area is 256 Å². The lowest BCUT2D eigenvalue weighted by molar-refractivity contribution is 1.08. The van der Waals surface area contributed by atoms with E-state index >= 15 is 0 Å². The number of thiophene rings is 1. The smallest absolute Gasteiger partial charge is 0.165 e. The van der Waals surface area contributed by atoms with E-state index in [-0.39, 0.29) is 0 Å². The van der Waals surface area contributed by atoms with Gasteiger partial charge in [0.15, 0.2) is 5.82 Å². The first kappa shape index (κ1) is 23.9. The molecule has 10 aromatic rings. The first-order valence-electron chi connectivity index (χ1n) is 14.8. The molecule has 0 amide bonds. The number of benzene rings is 7. The van der Waals surface area contributed by atoms with Crippen LogP contribution in [0.25, 0.3) is 91.6 Å². The van der Waals surface area contributed by atoms with Gasteiger partial charge in [-0.3, -0.25) is 4.57 Å². The molecule has 44 heavy (non-hydrogen) atoms. The highest BCUT2D eigenvalue weighted by Gasteiger charge is 2.22. The van der Waals surface area contributed by atoms with Gasteiger partial charge in [-0.2, -0.15) is 0 Å². The molecule has 3 nitrogen and oxygen atoms in total. The van der Waals surface area contributed by atoms with Gasteiger partial charge >= 0.3 is 0 Å². The van der Waals surface area contributed by atoms with Crippen molar-refractivity contribution in [2.75, 3.05) is 0 Å². The second-order valence-electron chi connectivity index (χ2n) is 11.4. The normalized spacial score (nSPS) is 12.1. The van der Waals surface area contributed by atoms with E-state index in [4.69, 9.17) is 9.97 Å². The Morgan fingerprint density at radius 1 is 0.455 bits per heavy atom. The monoisotopic (exact) mass is 577 g/mol. The predicted molar refractivity (Wildman–Crippen MR) is 187 cm³/mol. The molecule has 4 heteroatoms. The van der Waals surface area contributed by atoms with Crippen LogP contribution in [0.2, 0.25) is 0 Å². The molecule has 10 rings (SSSR count). The standard InChI is InChI=1S/C40H23N3S/c1-3-11-27-24(9-1)17-20-33-37(27)38-28-12-4-2-10-25(28)18-21-34(38)43(33)40-39(41-31-14-6-7-15-32(31)42-40)26-19-22-36-30(23-26)29-13-5-8-16-35(29)44-36/h1-23H. The summed E-state index contributed by atoms with van der Waals surface area (Å²) in [6, 6.07) is 49.9. The Kier molecular flexibility index (Phi) is 4.87. The zero-order valence-corrected chi connectivity index (χ0v) is 24.3. The number of fused-ring (bicyclic) bond motifs is 11. The highest BCUT2D eigenvalue weighted by Crippen LogP contribution is 2.43. The summed E-state index contributed by atoms with van der Waals surface area (Å²) in [4.78, 5) is 10.7. The lowest BCUT2D eigenvalue weighted by atomic mass is 10.00. The van der Waals surface area contributed by atoms with E-state index in [2.05, 4.69) is 132 Å². The SMILES string of the molecule is c1ccc2c(c1)ccc1c2c2c3ccccc3ccc2n1-c1nc2ccccc2nc1-c1ccc2sc3ccccc3c2c1. The van der Waals surface area contributed by atoms with Crippen molar-refractivity contribution >= 4 is 85.9 Å². The van der Waals surface area contributed by atoms with E-state index in [0.717, 1.165) is 39.1 Å². The molecule has 0 spiro atoms. The fraction of sp³-hybridized carbons (Fsp3) is 0. The highest BCUT2D eigenvalue weighted by atomic mass is 32.1. The van der Waals surface area contributed by atoms with Crippen molar-refractivity contribution in [2.45, 2.75) is 0 Å². The van der Waals surface area contributed by atoms with E-state index in [1.54, 1.807) is 0 Å². The van der Waals surface area contributed by atoms with Crippen molar-refractivity contribution in [1.82, 2.24) is 14.5 Å². The Balaban J connectivity index is 1.38. The third-order valence-electron chi connectivity index (χ3n) is 8.96. The molecule has 0 unspecified atom stereocenters. The van der Waals surface area contributed by atoms with E-state index < -0.39 is 0 Å². The minimum Gasteiger partial charge on any atom is -0.292 e. The summed E-state index contributed by atoms with van der Waals surface area (Å²) < 4.78 is 4.92. The van der Waals surface area contributed by atoms with E-state index in [1.807, 2.05) is 23.5 Å². The molecule has 0 aliphatic carbocycles. The van der Waals surface area contributed by atoms with Crippen molar-refractivity contribution in [3.8, 4) is 17.1 Å². The molecule has 0 saturated carbocycles. The average Bonchev–Trinajstić information content (AvgIpc) is 3.63. The first-order chi connectivity index (χ1) is 21.8. The van der Waals surface area contributed by atoms with Crippen molar-refractivity contribution in [2.24, 2.45) is 0 Å². The van der Waals surface area contributed by atoms with Gasteiger partial charge in [0.05, 0.1) is 22.1 Å². The van der Waals surface area contributed by atoms with Crippen LogP contribution in [0, 0.1) is 0 Å². The molecule has 0 aliphatic rings. The number of para-hydroxylation sites is 2. The van der Waals surface area contributed by atoms with Crippen LogP contribution in [0.5, 0.6) is 0 Å². The molecule has 0 fully saturated rings. The van der Waals surface area contributed by atoms with Crippen molar-refractivity contribution in [1.29, 1.82) is 0 Å². The summed E-state index contributed by atoms with van der Waals surface area (Å²) in [5.41, 5.74) is 5.96. The van der Waals surface area contributed by atoms with Crippen LogP contribution in [0.15, 0.2) is 140 Å². The van der Waals surface area contributed by atoms with Crippen molar-refractivity contribution in [3.05, 3.63) is 140 Å². The Morgan fingerprint density at radius 3 is 1.73 bits per heavy atom. The van der Waals surface area contributed by atoms with Crippen LogP contribution < -0.4 is 0 Å². The Hall–Kier alpha value is -5.58. The Bertz CT molecular complexity index is 2690. The number of nitrogens with zero attached hydrogens (tertiary/aromatic N) is 3. The summed E-state index contributed by atoms with van der Waals surface area (Å²) in [5.74, 6) is 0.841. The summed E-state index contributed by atoms with van der Waals surface area (Å²) in [5, 5.41) is 9.96. The summed E-state index contributed by atoms with van der Waals surface area (Å²) in [6.45, 7) is 0. The zero-order chi connectivity index (χ0) is 28.8. The van der Waals surface area contributed by atoms with Crippen LogP contribution in [0.1, 0.15) is 0 Å². The second-order valence-corrected chi connectivity index (χ2v) is 12.5. The molecule has 0 saturated heterocycles. The zero-order valence-electron chi connectivity index (χ0n) is 23.5. The van der Waals surface area contributed by atoms with Gasteiger partial charge in [-0.25, -0.2) is 9.97 Å². The lowest BCUT2D eigenvalue weighted by Crippen LogP contribution is -2.03. The third-order valence-corrected chi connectivity index (χ3v) is 10.1. The van der Waals surface area contributed by atoms with Crippen LogP contribution >= 0.6 is 11.3 Å². The lowest BCUT2D eigenvalue weighted by Gasteiger charge is -2.14. The maximum atomic E-state index is 5.39. The van der Waals surface area contributed by atoms with Crippen LogP contribution in [-0.4, -0.2) is 14.5 Å². The van der Waals surface area contributed by atoms with Gasteiger partial charge in [-0.05, 0) is 64.0 Å². The molecule has 204 valence electrons. The van der Waals surface area contributed by atoms with Crippen LogP contribution in [0.3, 0.4) is 0 Å². The van der Waals surface area contributed by atoms with Crippen LogP contribution in [-0.2, 0) is 0 Å². The number of aromatic nitrogens is 3. The largest absolute Gasteiger partial charge is 0.292 e. The molecule has 3 heterocycles. The van der Waals surface area contributed by atoms with Crippen LogP contribution in [0.4, 0.5) is 0 Å². The molecule has 0 bridgehead atoms. The molecule has 0 atom stereocenters. The molecular formula is C40H23N3S. The van der Waals surface area contributed by atoms with Gasteiger partial charge in [0.2, 0.25) is 0 Å². The van der Waals surface area contributed by atoms with Gasteiger partial charge in [0.1, 0.15) is 5.69 Å². The van der Waals surface area contributed by atoms with E-state index in [0.29, 0.717) is 0 Å². The molecule has 0 N–H and O–H groups in total. The second kappa shape index (κ2) is 8.96. The van der Waals surface area contributed by atoms with Gasteiger partial charge in [-0.1, -0.05) is 97.1 Å². The van der Waals surface area contributed by atoms with Gasteiger partial charge in [-0.15, -0.1) is 11.3 Å². The summed E-state index contributed by atoms with van der Waals surface area (Å²) in [7, 11) is 0. The molecule has 3 aromatic heterocycles. The fourth-order valence-corrected chi connectivity index (χ4v) is 8.08. The maximum absolute atomic E-state index is 5.39. The summed E-state index contributed by atoms with van der Waals surface area (Å²) >= 11 is 1.83. The average molecular weight is 578 g/mol. The van der Waals surface area contributed by atoms with Gasteiger partial charge < -0.3 is 0 Å². The summed E-state index contributed by atoms with van der Waals surface area (Å²) in [6.07, 6.45) is 0. The molecular weight excluding hydrogens is 555 g/mol. The fourth-order valence-electron chi connectivity index (χ4n) is 6.99. The minimum absolute atomic E-state index is 0.841. The minimum atomic E-state index is 0.841. The quantitative estimate of drug-likeness (QED) is 0.205. The van der Waals surface area contributed by atoms with Crippen molar-refractivity contribution < 1.29 is 0 Å². The Morgan fingerprint density at radius 2 is 1.02 bits per heavy atom. The first-order valence-corrected chi connectivity index (χ1v) is 15.7. The number of hydrogen-bond donors (Lipinski definition) is 0. The highest BCUT2D eigenvalue weighted by molar-refractivity contribution is 7.25. The van der Waals surface area contributed by atoms with E-state index in [1.165, 1.54) is 52.5 Å².